The van der Waals surface area contributed by atoms with Crippen molar-refractivity contribution in [2.45, 2.75) is 32.5 Å². The number of carbonyl (C=O) groups excluding carboxylic acids is 1. The molecule has 152 valence electrons. The van der Waals surface area contributed by atoms with E-state index >= 15 is 0 Å². The molecule has 6 nitrogen and oxygen atoms in total. The second kappa shape index (κ2) is 9.20. The van der Waals surface area contributed by atoms with Crippen molar-refractivity contribution in [3.05, 3.63) is 80.9 Å². The van der Waals surface area contributed by atoms with Gasteiger partial charge in [0.15, 0.2) is 0 Å². The van der Waals surface area contributed by atoms with Gasteiger partial charge in [-0.05, 0) is 55.3 Å². The van der Waals surface area contributed by atoms with Crippen LogP contribution in [0.4, 0.5) is 5.69 Å². The van der Waals surface area contributed by atoms with Crippen LogP contribution in [-0.2, 0) is 11.3 Å². The van der Waals surface area contributed by atoms with Crippen molar-refractivity contribution in [3.8, 4) is 0 Å². The van der Waals surface area contributed by atoms with Gasteiger partial charge in [0.05, 0.1) is 4.92 Å². The molecule has 0 bridgehead atoms. The highest BCUT2D eigenvalue weighted by atomic mass is 35.5. The highest BCUT2D eigenvalue weighted by Gasteiger charge is 2.30. The number of nitro groups is 1. The fourth-order valence-corrected chi connectivity index (χ4v) is 3.65. The Hall–Kier alpha value is -2.70. The maximum atomic E-state index is 12.7. The lowest BCUT2D eigenvalue weighted by Gasteiger charge is -2.44. The van der Waals surface area contributed by atoms with Crippen LogP contribution in [0.15, 0.2) is 54.6 Å². The topological polar surface area (TPSA) is 66.7 Å². The molecule has 0 spiro atoms. The van der Waals surface area contributed by atoms with Gasteiger partial charge in [0.25, 0.3) is 5.69 Å². The highest BCUT2D eigenvalue weighted by Crippen LogP contribution is 2.20. The molecule has 0 aliphatic carbocycles. The predicted octanol–water partition coefficient (Wildman–Crippen LogP) is 4.38. The summed E-state index contributed by atoms with van der Waals surface area (Å²) in [6.45, 7) is 6.45. The summed E-state index contributed by atoms with van der Waals surface area (Å²) in [4.78, 5) is 27.2. The Bertz CT molecular complexity index is 897. The monoisotopic (exact) mass is 413 g/mol. The van der Waals surface area contributed by atoms with Gasteiger partial charge in [0.1, 0.15) is 0 Å². The number of non-ortho nitro benzene ring substituents is 1. The van der Waals surface area contributed by atoms with E-state index in [0.717, 1.165) is 23.7 Å². The zero-order chi connectivity index (χ0) is 21.0. The molecule has 1 aliphatic heterocycles. The largest absolute Gasteiger partial charge is 0.334 e. The van der Waals surface area contributed by atoms with Crippen molar-refractivity contribution in [1.82, 2.24) is 9.80 Å². The van der Waals surface area contributed by atoms with Crippen LogP contribution < -0.4 is 0 Å². The van der Waals surface area contributed by atoms with E-state index in [1.54, 1.807) is 24.3 Å². The van der Waals surface area contributed by atoms with Crippen molar-refractivity contribution in [3.63, 3.8) is 0 Å². The van der Waals surface area contributed by atoms with E-state index in [9.17, 15) is 14.9 Å². The quantitative estimate of drug-likeness (QED) is 0.414. The van der Waals surface area contributed by atoms with E-state index in [0.29, 0.717) is 6.54 Å². The number of benzene rings is 2. The molecule has 1 aliphatic rings. The van der Waals surface area contributed by atoms with E-state index in [2.05, 4.69) is 18.7 Å². The first-order valence-corrected chi connectivity index (χ1v) is 9.93. The minimum Gasteiger partial charge on any atom is -0.334 e. The van der Waals surface area contributed by atoms with Crippen LogP contribution in [0.3, 0.4) is 0 Å². The molecular formula is C22H24ClN3O3. The Morgan fingerprint density at radius 3 is 2.38 bits per heavy atom. The first kappa shape index (κ1) is 21.0. The average molecular weight is 414 g/mol. The average Bonchev–Trinajstić information content (AvgIpc) is 2.70. The van der Waals surface area contributed by atoms with Crippen molar-refractivity contribution in [1.29, 1.82) is 0 Å². The molecular weight excluding hydrogens is 390 g/mol. The number of nitro benzene ring substituents is 1. The fourth-order valence-electron chi connectivity index (χ4n) is 3.52. The number of amides is 1. The molecule has 3 rings (SSSR count). The number of hydrogen-bond donors (Lipinski definition) is 0. The zero-order valence-corrected chi connectivity index (χ0v) is 17.2. The number of nitrogens with zero attached hydrogens (tertiary/aromatic N) is 3. The van der Waals surface area contributed by atoms with E-state index in [4.69, 9.17) is 11.6 Å². The molecule has 1 saturated heterocycles. The number of piperazine rings is 1. The van der Waals surface area contributed by atoms with E-state index in [1.807, 2.05) is 29.2 Å². The van der Waals surface area contributed by atoms with Gasteiger partial charge in [0.2, 0.25) is 5.91 Å². The lowest BCUT2D eigenvalue weighted by atomic mass is 10.1. The highest BCUT2D eigenvalue weighted by molar-refractivity contribution is 6.30. The molecule has 0 N–H and O–H groups in total. The standard InChI is InChI=1S/C22H24ClN3O3/c1-16-14-25(17(2)13-24(16)15-19-3-8-20(23)9-4-19)22(27)12-7-18-5-10-21(11-6-18)26(28)29/h3-12,16-17H,13-15H2,1-2H3. The van der Waals surface area contributed by atoms with Crippen molar-refractivity contribution in [2.24, 2.45) is 0 Å². The van der Waals surface area contributed by atoms with E-state index in [-0.39, 0.29) is 23.7 Å². The fraction of sp³-hybridized carbons (Fsp3) is 0.318. The summed E-state index contributed by atoms with van der Waals surface area (Å²) < 4.78 is 0. The van der Waals surface area contributed by atoms with Gasteiger partial charge in [-0.2, -0.15) is 0 Å². The summed E-state index contributed by atoms with van der Waals surface area (Å²) in [5, 5.41) is 11.5. The first-order valence-electron chi connectivity index (χ1n) is 9.55. The summed E-state index contributed by atoms with van der Waals surface area (Å²) >= 11 is 5.96. The van der Waals surface area contributed by atoms with Gasteiger partial charge in [-0.25, -0.2) is 0 Å². The van der Waals surface area contributed by atoms with Crippen LogP contribution >= 0.6 is 11.6 Å². The Morgan fingerprint density at radius 2 is 1.76 bits per heavy atom. The van der Waals surface area contributed by atoms with Gasteiger partial charge >= 0.3 is 0 Å². The lowest BCUT2D eigenvalue weighted by molar-refractivity contribution is -0.384. The summed E-state index contributed by atoms with van der Waals surface area (Å²) in [6, 6.07) is 14.3. The van der Waals surface area contributed by atoms with Crippen LogP contribution in [-0.4, -0.2) is 45.8 Å². The maximum absolute atomic E-state index is 12.7. The van der Waals surface area contributed by atoms with Gasteiger partial charge in [-0.1, -0.05) is 23.7 Å². The zero-order valence-electron chi connectivity index (χ0n) is 16.5. The van der Waals surface area contributed by atoms with Crippen LogP contribution in [0.25, 0.3) is 6.08 Å². The Balaban J connectivity index is 1.60. The summed E-state index contributed by atoms with van der Waals surface area (Å²) in [5.41, 5.74) is 1.99. The molecule has 2 atom stereocenters. The first-order chi connectivity index (χ1) is 13.8. The Kier molecular flexibility index (Phi) is 6.67. The van der Waals surface area contributed by atoms with E-state index < -0.39 is 4.92 Å². The van der Waals surface area contributed by atoms with Crippen molar-refractivity contribution >= 4 is 29.3 Å². The third-order valence-corrected chi connectivity index (χ3v) is 5.47. The second-order valence-corrected chi connectivity index (χ2v) is 7.86. The molecule has 7 heteroatoms. The molecule has 2 aromatic rings. The van der Waals surface area contributed by atoms with Gasteiger partial charge in [-0.3, -0.25) is 19.8 Å². The number of rotatable bonds is 5. The molecule has 2 aromatic carbocycles. The Morgan fingerprint density at radius 1 is 1.10 bits per heavy atom. The van der Waals surface area contributed by atoms with Crippen LogP contribution in [0.5, 0.6) is 0 Å². The molecule has 1 heterocycles. The number of hydrogen-bond acceptors (Lipinski definition) is 4. The van der Waals surface area contributed by atoms with Gasteiger partial charge in [0, 0.05) is 54.9 Å². The molecule has 0 saturated carbocycles. The second-order valence-electron chi connectivity index (χ2n) is 7.43. The van der Waals surface area contributed by atoms with Crippen LogP contribution in [0.2, 0.25) is 5.02 Å². The minimum absolute atomic E-state index is 0.0349. The number of halogens is 1. The van der Waals surface area contributed by atoms with Crippen molar-refractivity contribution in [2.75, 3.05) is 13.1 Å². The van der Waals surface area contributed by atoms with Gasteiger partial charge < -0.3 is 4.90 Å². The molecule has 2 unspecified atom stereocenters. The van der Waals surface area contributed by atoms with Crippen LogP contribution in [0, 0.1) is 10.1 Å². The third-order valence-electron chi connectivity index (χ3n) is 5.22. The lowest BCUT2D eigenvalue weighted by Crippen LogP contribution is -2.57. The van der Waals surface area contributed by atoms with E-state index in [1.165, 1.54) is 17.7 Å². The molecule has 1 fully saturated rings. The molecule has 0 aromatic heterocycles. The maximum Gasteiger partial charge on any atom is 0.269 e. The number of carbonyl (C=O) groups is 1. The third kappa shape index (κ3) is 5.43. The van der Waals surface area contributed by atoms with Crippen LogP contribution in [0.1, 0.15) is 25.0 Å². The predicted molar refractivity (Wildman–Crippen MR) is 115 cm³/mol. The minimum atomic E-state index is -0.439. The molecule has 0 radical (unpaired) electrons. The SMILES string of the molecule is CC1CN(C(=O)C=Cc2ccc([N+](=O)[O-])cc2)C(C)CN1Cc1ccc(Cl)cc1. The van der Waals surface area contributed by atoms with Crippen molar-refractivity contribution < 1.29 is 9.72 Å². The summed E-state index contributed by atoms with van der Waals surface area (Å²) in [7, 11) is 0. The molecule has 29 heavy (non-hydrogen) atoms. The smallest absolute Gasteiger partial charge is 0.269 e. The summed E-state index contributed by atoms with van der Waals surface area (Å²) in [5.74, 6) is -0.0474. The Labute approximate surface area is 175 Å². The molecule has 1 amide bonds. The summed E-state index contributed by atoms with van der Waals surface area (Å²) in [6.07, 6.45) is 3.24. The van der Waals surface area contributed by atoms with Gasteiger partial charge in [-0.15, -0.1) is 0 Å². The normalized spacial score (nSPS) is 20.2.